The highest BCUT2D eigenvalue weighted by atomic mass is 19.1. The van der Waals surface area contributed by atoms with Gasteiger partial charge < -0.3 is 9.47 Å². The average molecular weight is 408 g/mol. The van der Waals surface area contributed by atoms with Crippen molar-refractivity contribution < 1.29 is 22.6 Å². The van der Waals surface area contributed by atoms with Crippen molar-refractivity contribution in [3.63, 3.8) is 0 Å². The quantitative estimate of drug-likeness (QED) is 0.397. The van der Waals surface area contributed by atoms with Gasteiger partial charge in [0, 0.05) is 17.0 Å². The van der Waals surface area contributed by atoms with Crippen LogP contribution in [0, 0.1) is 35.2 Å². The molecule has 1 heterocycles. The van der Waals surface area contributed by atoms with E-state index in [-0.39, 0.29) is 22.9 Å². The van der Waals surface area contributed by atoms with Gasteiger partial charge in [-0.2, -0.15) is 0 Å². The van der Waals surface area contributed by atoms with Crippen molar-refractivity contribution in [2.75, 3.05) is 13.2 Å². The monoisotopic (exact) mass is 408 g/mol. The molecule has 3 aromatic carbocycles. The first kappa shape index (κ1) is 20.2. The summed E-state index contributed by atoms with van der Waals surface area (Å²) >= 11 is 0. The van der Waals surface area contributed by atoms with E-state index in [1.807, 2.05) is 0 Å². The normalized spacial score (nSPS) is 18.6. The number of hydrogen-bond acceptors (Lipinski definition) is 2. The maximum absolute atomic E-state index is 14.6. The Balaban J connectivity index is 1.55. The van der Waals surface area contributed by atoms with Crippen LogP contribution in [0.4, 0.5) is 13.2 Å². The molecule has 5 heteroatoms. The summed E-state index contributed by atoms with van der Waals surface area (Å²) < 4.78 is 53.6. The van der Waals surface area contributed by atoms with E-state index in [1.165, 1.54) is 24.3 Å². The number of ether oxygens (including phenoxy) is 2. The minimum atomic E-state index is -0.807. The molecule has 3 aromatic rings. The Kier molecular flexibility index (Phi) is 5.89. The Labute approximate surface area is 172 Å². The van der Waals surface area contributed by atoms with Gasteiger partial charge in [0.25, 0.3) is 0 Å². The van der Waals surface area contributed by atoms with E-state index in [9.17, 15) is 13.2 Å². The van der Waals surface area contributed by atoms with Crippen LogP contribution in [0.25, 0.3) is 10.8 Å². The molecule has 0 atom stereocenters. The predicted octanol–water partition coefficient (Wildman–Crippen LogP) is 5.89. The molecule has 0 radical (unpaired) electrons. The van der Waals surface area contributed by atoms with Crippen LogP contribution in [0.2, 0.25) is 0 Å². The zero-order valence-corrected chi connectivity index (χ0v) is 16.1. The van der Waals surface area contributed by atoms with E-state index in [0.29, 0.717) is 18.8 Å². The zero-order valence-electron chi connectivity index (χ0n) is 16.1. The molecule has 2 nitrogen and oxygen atoms in total. The first-order valence-corrected chi connectivity index (χ1v) is 9.58. The van der Waals surface area contributed by atoms with E-state index in [4.69, 9.17) is 9.47 Å². The summed E-state index contributed by atoms with van der Waals surface area (Å²) in [6, 6.07) is 11.9. The zero-order chi connectivity index (χ0) is 21.1. The first-order chi connectivity index (χ1) is 14.5. The molecule has 30 heavy (non-hydrogen) atoms. The van der Waals surface area contributed by atoms with Gasteiger partial charge in [-0.15, -0.1) is 6.58 Å². The molecule has 0 N–H and O–H groups in total. The van der Waals surface area contributed by atoms with Gasteiger partial charge in [0.2, 0.25) is 0 Å². The van der Waals surface area contributed by atoms with Crippen LogP contribution >= 0.6 is 0 Å². The Morgan fingerprint density at radius 3 is 2.27 bits per heavy atom. The van der Waals surface area contributed by atoms with Crippen LogP contribution in [-0.4, -0.2) is 13.2 Å². The summed E-state index contributed by atoms with van der Waals surface area (Å²) in [7, 11) is 0. The fourth-order valence-corrected chi connectivity index (χ4v) is 3.38. The molecule has 1 saturated heterocycles. The molecule has 0 aliphatic carbocycles. The molecule has 1 aliphatic rings. The Morgan fingerprint density at radius 1 is 0.900 bits per heavy atom. The number of allylic oxidation sites excluding steroid dienone is 1. The fraction of sp³-hybridized carbons (Fsp3) is 0.200. The Hall–Kier alpha value is -3.07. The van der Waals surface area contributed by atoms with E-state index < -0.39 is 17.9 Å². The molecule has 0 amide bonds. The Morgan fingerprint density at radius 2 is 1.57 bits per heavy atom. The first-order valence-electron chi connectivity index (χ1n) is 9.58. The summed E-state index contributed by atoms with van der Waals surface area (Å²) in [5.74, 6) is 3.64. The molecular weight excluding hydrogens is 389 g/mol. The van der Waals surface area contributed by atoms with E-state index in [1.54, 1.807) is 30.3 Å². The highest BCUT2D eigenvalue weighted by Gasteiger charge is 2.24. The maximum Gasteiger partial charge on any atom is 0.184 e. The molecule has 0 unspecified atom stereocenters. The molecular formula is C25H19F3O2. The van der Waals surface area contributed by atoms with Gasteiger partial charge in [0.1, 0.15) is 17.5 Å². The molecule has 1 aliphatic heterocycles. The highest BCUT2D eigenvalue weighted by molar-refractivity contribution is 5.84. The Bertz CT molecular complexity index is 1130. The minimum Gasteiger partial charge on any atom is -0.348 e. The van der Waals surface area contributed by atoms with E-state index in [0.717, 1.165) is 17.2 Å². The summed E-state index contributed by atoms with van der Waals surface area (Å²) in [5.41, 5.74) is 0.530. The summed E-state index contributed by atoms with van der Waals surface area (Å²) in [6.07, 6.45) is 1.74. The van der Waals surface area contributed by atoms with Crippen LogP contribution < -0.4 is 0 Å². The van der Waals surface area contributed by atoms with Crippen molar-refractivity contribution in [1.82, 2.24) is 0 Å². The minimum absolute atomic E-state index is 0.192. The number of fused-ring (bicyclic) bond motifs is 1. The van der Waals surface area contributed by atoms with Gasteiger partial charge in [-0.05, 0) is 53.6 Å². The van der Waals surface area contributed by atoms with Crippen LogP contribution in [0.15, 0.2) is 61.2 Å². The van der Waals surface area contributed by atoms with Crippen LogP contribution in [0.1, 0.15) is 29.4 Å². The lowest BCUT2D eigenvalue weighted by atomic mass is 10.1. The second kappa shape index (κ2) is 8.74. The van der Waals surface area contributed by atoms with Gasteiger partial charge in [-0.1, -0.05) is 30.0 Å². The third-order valence-electron chi connectivity index (χ3n) is 4.94. The van der Waals surface area contributed by atoms with Crippen molar-refractivity contribution >= 4 is 10.8 Å². The van der Waals surface area contributed by atoms with Crippen molar-refractivity contribution in [1.29, 1.82) is 0 Å². The predicted molar refractivity (Wildman–Crippen MR) is 109 cm³/mol. The molecule has 4 rings (SSSR count). The smallest absolute Gasteiger partial charge is 0.184 e. The number of benzene rings is 3. The number of halogens is 3. The molecule has 152 valence electrons. The van der Waals surface area contributed by atoms with E-state index in [2.05, 4.69) is 18.4 Å². The molecule has 1 fully saturated rings. The summed E-state index contributed by atoms with van der Waals surface area (Å²) in [5, 5.41) is 1.52. The topological polar surface area (TPSA) is 18.5 Å². The van der Waals surface area contributed by atoms with Crippen LogP contribution in [0.3, 0.4) is 0 Å². The largest absolute Gasteiger partial charge is 0.348 e. The molecule has 0 saturated carbocycles. The standard InChI is InChI=1S/C25H19F3O2/c1-2-3-17-14-29-25(30-15-17)20-12-23(27)22(24(28)13-20)9-5-16-4-6-19-11-21(26)8-7-18(19)10-16/h2,4,6-8,10-13,17,25H,1,3,14-15H2. The van der Waals surface area contributed by atoms with Gasteiger partial charge >= 0.3 is 0 Å². The summed E-state index contributed by atoms with van der Waals surface area (Å²) in [4.78, 5) is 0. The van der Waals surface area contributed by atoms with Crippen molar-refractivity contribution in [2.45, 2.75) is 12.7 Å². The molecule has 0 bridgehead atoms. The lowest BCUT2D eigenvalue weighted by Gasteiger charge is -2.29. The van der Waals surface area contributed by atoms with Gasteiger partial charge in [0.15, 0.2) is 6.29 Å². The van der Waals surface area contributed by atoms with Crippen molar-refractivity contribution in [3.8, 4) is 11.8 Å². The number of rotatable bonds is 3. The molecule has 0 aromatic heterocycles. The fourth-order valence-electron chi connectivity index (χ4n) is 3.38. The maximum atomic E-state index is 14.6. The van der Waals surface area contributed by atoms with Crippen LogP contribution in [-0.2, 0) is 9.47 Å². The highest BCUT2D eigenvalue weighted by Crippen LogP contribution is 2.28. The lowest BCUT2D eigenvalue weighted by Crippen LogP contribution is -2.26. The van der Waals surface area contributed by atoms with Gasteiger partial charge in [0.05, 0.1) is 18.8 Å². The third-order valence-corrected chi connectivity index (χ3v) is 4.94. The van der Waals surface area contributed by atoms with Crippen molar-refractivity contribution in [2.24, 2.45) is 5.92 Å². The molecule has 0 spiro atoms. The van der Waals surface area contributed by atoms with E-state index >= 15 is 0 Å². The second-order valence-electron chi connectivity index (χ2n) is 7.20. The van der Waals surface area contributed by atoms with Crippen molar-refractivity contribution in [3.05, 3.63) is 95.3 Å². The summed E-state index contributed by atoms with van der Waals surface area (Å²) in [6.45, 7) is 4.56. The third kappa shape index (κ3) is 4.40. The van der Waals surface area contributed by atoms with Gasteiger partial charge in [-0.25, -0.2) is 13.2 Å². The van der Waals surface area contributed by atoms with Crippen LogP contribution in [0.5, 0.6) is 0 Å². The SMILES string of the molecule is C=CCC1COC(c2cc(F)c(C#Cc3ccc4cc(F)ccc4c3)c(F)c2)OC1. The second-order valence-corrected chi connectivity index (χ2v) is 7.20. The number of hydrogen-bond donors (Lipinski definition) is 0. The van der Waals surface area contributed by atoms with Gasteiger partial charge in [-0.3, -0.25) is 0 Å². The average Bonchev–Trinajstić information content (AvgIpc) is 2.74. The lowest BCUT2D eigenvalue weighted by molar-refractivity contribution is -0.204.